The number of nitrogens with one attached hydrogen (secondary N) is 1. The average Bonchev–Trinajstić information content (AvgIpc) is 2.17. The Morgan fingerprint density at radius 3 is 2.80 bits per heavy atom. The first-order valence-electron chi connectivity index (χ1n) is 4.74. The van der Waals surface area contributed by atoms with Crippen LogP contribution in [-0.4, -0.2) is 24.9 Å². The van der Waals surface area contributed by atoms with E-state index in [1.807, 2.05) is 25.1 Å². The number of methoxy groups -OCH3 is 1. The molecule has 2 N–H and O–H groups in total. The van der Waals surface area contributed by atoms with E-state index in [4.69, 9.17) is 9.84 Å². The second kappa shape index (κ2) is 5.24. The van der Waals surface area contributed by atoms with Crippen molar-refractivity contribution >= 4 is 6.09 Å². The average molecular weight is 209 g/mol. The Balaban J connectivity index is 2.55. The number of carbonyl (C=O) groups is 1. The van der Waals surface area contributed by atoms with Crippen LogP contribution in [0.2, 0.25) is 0 Å². The van der Waals surface area contributed by atoms with E-state index in [9.17, 15) is 4.79 Å². The Hall–Kier alpha value is -1.71. The second-order valence-electron chi connectivity index (χ2n) is 3.29. The summed E-state index contributed by atoms with van der Waals surface area (Å²) >= 11 is 0. The van der Waals surface area contributed by atoms with Gasteiger partial charge in [-0.1, -0.05) is 12.1 Å². The monoisotopic (exact) mass is 209 g/mol. The molecule has 15 heavy (non-hydrogen) atoms. The summed E-state index contributed by atoms with van der Waals surface area (Å²) in [6, 6.07) is 5.84. The van der Waals surface area contributed by atoms with Gasteiger partial charge in [-0.2, -0.15) is 0 Å². The predicted molar refractivity (Wildman–Crippen MR) is 57.5 cm³/mol. The maximum absolute atomic E-state index is 10.2. The Morgan fingerprint density at radius 1 is 1.53 bits per heavy atom. The quantitative estimate of drug-likeness (QED) is 0.795. The van der Waals surface area contributed by atoms with Crippen molar-refractivity contribution in [2.45, 2.75) is 13.3 Å². The molecule has 4 heteroatoms. The highest BCUT2D eigenvalue weighted by Crippen LogP contribution is 2.18. The molecule has 0 aromatic heterocycles. The van der Waals surface area contributed by atoms with Crippen molar-refractivity contribution in [1.29, 1.82) is 0 Å². The zero-order valence-corrected chi connectivity index (χ0v) is 8.91. The summed E-state index contributed by atoms with van der Waals surface area (Å²) in [6.07, 6.45) is -0.294. The molecule has 82 valence electrons. The third kappa shape index (κ3) is 3.50. The predicted octanol–water partition coefficient (Wildman–Crippen LogP) is 1.81. The molecule has 0 unspecified atom stereocenters. The SMILES string of the molecule is COc1ccc(CCNC(=O)O)cc1C. The molecule has 0 atom stereocenters. The number of ether oxygens (including phenoxy) is 1. The van der Waals surface area contributed by atoms with Gasteiger partial charge in [0.1, 0.15) is 5.75 Å². The van der Waals surface area contributed by atoms with Gasteiger partial charge in [-0.3, -0.25) is 0 Å². The number of aryl methyl sites for hydroxylation is 1. The summed E-state index contributed by atoms with van der Waals surface area (Å²) in [4.78, 5) is 10.2. The molecule has 4 nitrogen and oxygen atoms in total. The fourth-order valence-corrected chi connectivity index (χ4v) is 1.41. The van der Waals surface area contributed by atoms with Gasteiger partial charge in [-0.25, -0.2) is 4.79 Å². The molecule has 0 aliphatic rings. The van der Waals surface area contributed by atoms with E-state index in [1.165, 1.54) is 0 Å². The summed E-state index contributed by atoms with van der Waals surface area (Å²) < 4.78 is 5.13. The van der Waals surface area contributed by atoms with Gasteiger partial charge in [0.05, 0.1) is 7.11 Å². The lowest BCUT2D eigenvalue weighted by Gasteiger charge is -2.07. The summed E-state index contributed by atoms with van der Waals surface area (Å²) in [7, 11) is 1.63. The number of rotatable bonds is 4. The summed E-state index contributed by atoms with van der Waals surface area (Å²) in [5, 5.41) is 10.7. The third-order valence-corrected chi connectivity index (χ3v) is 2.15. The minimum absolute atomic E-state index is 0.432. The molecule has 0 spiro atoms. The fraction of sp³-hybridized carbons (Fsp3) is 0.364. The molecule has 0 aliphatic carbocycles. The second-order valence-corrected chi connectivity index (χ2v) is 3.29. The standard InChI is InChI=1S/C11H15NO3/c1-8-7-9(3-4-10(8)15-2)5-6-12-11(13)14/h3-4,7,12H,5-6H2,1-2H3,(H,13,14). The van der Waals surface area contributed by atoms with Gasteiger partial charge in [0.2, 0.25) is 0 Å². The van der Waals surface area contributed by atoms with Gasteiger partial charge in [-0.05, 0) is 30.5 Å². The lowest BCUT2D eigenvalue weighted by molar-refractivity contribution is 0.194. The molecule has 1 amide bonds. The zero-order chi connectivity index (χ0) is 11.3. The van der Waals surface area contributed by atoms with Crippen molar-refractivity contribution in [3.05, 3.63) is 29.3 Å². The van der Waals surface area contributed by atoms with Crippen LogP contribution in [0.3, 0.4) is 0 Å². The molecule has 0 radical (unpaired) electrons. The van der Waals surface area contributed by atoms with Crippen LogP contribution in [0.5, 0.6) is 5.75 Å². The summed E-state index contributed by atoms with van der Waals surface area (Å²) in [6.45, 7) is 2.40. The van der Waals surface area contributed by atoms with E-state index in [0.717, 1.165) is 16.9 Å². The Morgan fingerprint density at radius 2 is 2.27 bits per heavy atom. The molecule has 1 aromatic rings. The molecule has 0 heterocycles. The fourth-order valence-electron chi connectivity index (χ4n) is 1.41. The Labute approximate surface area is 88.9 Å². The van der Waals surface area contributed by atoms with Crippen LogP contribution in [0.25, 0.3) is 0 Å². The zero-order valence-electron chi connectivity index (χ0n) is 8.91. The maximum atomic E-state index is 10.2. The van der Waals surface area contributed by atoms with Crippen LogP contribution in [0.15, 0.2) is 18.2 Å². The number of carboxylic acid groups (broad SMARTS) is 1. The smallest absolute Gasteiger partial charge is 0.404 e. The number of hydrogen-bond donors (Lipinski definition) is 2. The highest BCUT2D eigenvalue weighted by molar-refractivity contribution is 5.64. The molecular weight excluding hydrogens is 194 g/mol. The summed E-state index contributed by atoms with van der Waals surface area (Å²) in [5.74, 6) is 0.852. The lowest BCUT2D eigenvalue weighted by atomic mass is 10.1. The first kappa shape index (κ1) is 11.4. The van der Waals surface area contributed by atoms with Crippen LogP contribution in [-0.2, 0) is 6.42 Å². The number of hydrogen-bond acceptors (Lipinski definition) is 2. The van der Waals surface area contributed by atoms with Gasteiger partial charge in [0.25, 0.3) is 0 Å². The minimum atomic E-state index is -0.986. The molecule has 0 bridgehead atoms. The van der Waals surface area contributed by atoms with Crippen LogP contribution in [0.4, 0.5) is 4.79 Å². The topological polar surface area (TPSA) is 58.6 Å². The number of benzene rings is 1. The first-order chi connectivity index (χ1) is 7.13. The van der Waals surface area contributed by atoms with Crippen LogP contribution in [0.1, 0.15) is 11.1 Å². The molecule has 0 saturated heterocycles. The van der Waals surface area contributed by atoms with Crippen molar-refractivity contribution < 1.29 is 14.6 Å². The van der Waals surface area contributed by atoms with Crippen molar-refractivity contribution in [3.8, 4) is 5.75 Å². The highest BCUT2D eigenvalue weighted by atomic mass is 16.5. The molecule has 0 saturated carbocycles. The van der Waals surface area contributed by atoms with Gasteiger partial charge >= 0.3 is 6.09 Å². The Bertz CT molecular complexity index is 350. The molecule has 1 rings (SSSR count). The molecule has 0 aliphatic heterocycles. The van der Waals surface area contributed by atoms with Gasteiger partial charge in [0.15, 0.2) is 0 Å². The van der Waals surface area contributed by atoms with E-state index in [1.54, 1.807) is 7.11 Å². The van der Waals surface area contributed by atoms with Crippen molar-refractivity contribution in [2.75, 3.05) is 13.7 Å². The van der Waals surface area contributed by atoms with Crippen LogP contribution < -0.4 is 10.1 Å². The molecule has 0 fully saturated rings. The lowest BCUT2D eigenvalue weighted by Crippen LogP contribution is -2.23. The largest absolute Gasteiger partial charge is 0.496 e. The van der Waals surface area contributed by atoms with Crippen molar-refractivity contribution in [1.82, 2.24) is 5.32 Å². The number of amides is 1. The van der Waals surface area contributed by atoms with Crippen molar-refractivity contribution in [2.24, 2.45) is 0 Å². The third-order valence-electron chi connectivity index (χ3n) is 2.15. The summed E-state index contributed by atoms with van der Waals surface area (Å²) in [5.41, 5.74) is 2.16. The van der Waals surface area contributed by atoms with Gasteiger partial charge in [0, 0.05) is 6.54 Å². The maximum Gasteiger partial charge on any atom is 0.404 e. The van der Waals surface area contributed by atoms with E-state index < -0.39 is 6.09 Å². The van der Waals surface area contributed by atoms with Gasteiger partial charge < -0.3 is 15.2 Å². The van der Waals surface area contributed by atoms with E-state index in [0.29, 0.717) is 13.0 Å². The van der Waals surface area contributed by atoms with E-state index in [2.05, 4.69) is 5.32 Å². The highest BCUT2D eigenvalue weighted by Gasteiger charge is 2.00. The van der Waals surface area contributed by atoms with Gasteiger partial charge in [-0.15, -0.1) is 0 Å². The van der Waals surface area contributed by atoms with Crippen molar-refractivity contribution in [3.63, 3.8) is 0 Å². The van der Waals surface area contributed by atoms with E-state index in [-0.39, 0.29) is 0 Å². The van der Waals surface area contributed by atoms with E-state index >= 15 is 0 Å². The van der Waals surface area contributed by atoms with Crippen LogP contribution in [0, 0.1) is 6.92 Å². The Kier molecular flexibility index (Phi) is 3.97. The van der Waals surface area contributed by atoms with Crippen LogP contribution >= 0.6 is 0 Å². The normalized spacial score (nSPS) is 9.73. The first-order valence-corrected chi connectivity index (χ1v) is 4.74. The molecule has 1 aromatic carbocycles. The molecular formula is C11H15NO3. The minimum Gasteiger partial charge on any atom is -0.496 e.